The van der Waals surface area contributed by atoms with Crippen molar-refractivity contribution in [1.29, 1.82) is 0 Å². The molecule has 0 bridgehead atoms. The van der Waals surface area contributed by atoms with Crippen molar-refractivity contribution in [2.24, 2.45) is 0 Å². The number of fused-ring (bicyclic) bond motifs is 1. The molecule has 2 aromatic carbocycles. The van der Waals surface area contributed by atoms with Crippen molar-refractivity contribution in [1.82, 2.24) is 4.57 Å². The van der Waals surface area contributed by atoms with Crippen LogP contribution >= 0.6 is 11.6 Å². The van der Waals surface area contributed by atoms with Gasteiger partial charge >= 0.3 is 12.1 Å². The van der Waals surface area contributed by atoms with Crippen molar-refractivity contribution in [2.75, 3.05) is 20.3 Å². The number of carbonyl (C=O) groups excluding carboxylic acids is 2. The number of hydrogen-bond acceptors (Lipinski definition) is 6. The van der Waals surface area contributed by atoms with E-state index < -0.39 is 29.2 Å². The van der Waals surface area contributed by atoms with Gasteiger partial charge in [0.1, 0.15) is 23.8 Å². The third kappa shape index (κ3) is 5.31. The number of hydrogen-bond donors (Lipinski definition) is 0. The van der Waals surface area contributed by atoms with Crippen LogP contribution in [0.3, 0.4) is 0 Å². The molecule has 0 radical (unpaired) electrons. The van der Waals surface area contributed by atoms with Crippen LogP contribution in [-0.2, 0) is 27.2 Å². The van der Waals surface area contributed by atoms with Crippen LogP contribution in [0.2, 0.25) is 5.02 Å². The molecule has 1 heterocycles. The summed E-state index contributed by atoms with van der Waals surface area (Å²) in [6.07, 6.45) is 0.143. The maximum atomic E-state index is 15.0. The summed E-state index contributed by atoms with van der Waals surface area (Å²) in [5.41, 5.74) is -0.585. The minimum atomic E-state index is -0.914. The molecule has 0 amide bonds. The van der Waals surface area contributed by atoms with Crippen molar-refractivity contribution < 1.29 is 32.6 Å². The van der Waals surface area contributed by atoms with Gasteiger partial charge in [-0.05, 0) is 36.2 Å². The molecule has 0 N–H and O–H groups in total. The Kier molecular flexibility index (Phi) is 7.65. The molecule has 0 aliphatic carbocycles. The van der Waals surface area contributed by atoms with E-state index in [4.69, 9.17) is 21.1 Å². The molecule has 3 aromatic rings. The summed E-state index contributed by atoms with van der Waals surface area (Å²) in [6, 6.07) is 6.75. The van der Waals surface area contributed by atoms with E-state index in [1.165, 1.54) is 35.0 Å². The first kappa shape index (κ1) is 24.2. The molecule has 1 aromatic heterocycles. The topological polar surface area (TPSA) is 83.8 Å². The number of aromatic nitrogens is 1. The van der Waals surface area contributed by atoms with Gasteiger partial charge in [-0.3, -0.25) is 4.79 Å². The fourth-order valence-electron chi connectivity index (χ4n) is 3.31. The van der Waals surface area contributed by atoms with Crippen LogP contribution in [0.15, 0.2) is 41.3 Å². The molecule has 10 heteroatoms. The van der Waals surface area contributed by atoms with Crippen LogP contribution in [0.1, 0.15) is 28.4 Å². The van der Waals surface area contributed by atoms with Crippen molar-refractivity contribution in [3.05, 3.63) is 80.1 Å². The number of ether oxygens (including phenoxy) is 3. The van der Waals surface area contributed by atoms with Gasteiger partial charge < -0.3 is 18.8 Å². The Balaban J connectivity index is 2.12. The number of esters is 1. The molecule has 0 fully saturated rings. The van der Waals surface area contributed by atoms with Crippen molar-refractivity contribution in [3.8, 4) is 0 Å². The Bertz CT molecular complexity index is 1270. The molecular weight excluding hydrogens is 460 g/mol. The van der Waals surface area contributed by atoms with E-state index in [9.17, 15) is 23.2 Å². The van der Waals surface area contributed by atoms with E-state index in [0.717, 1.165) is 13.2 Å². The van der Waals surface area contributed by atoms with E-state index in [-0.39, 0.29) is 58.8 Å². The SMILES string of the molecule is CCOC(=O)c1cn(CCOC(=O)OC)c2cc(F)c(Cc3cccc(Cl)c3F)cc2c1=O. The average Bonchev–Trinajstić information content (AvgIpc) is 2.79. The zero-order valence-corrected chi connectivity index (χ0v) is 18.6. The predicted molar refractivity (Wildman–Crippen MR) is 117 cm³/mol. The molecule has 0 saturated heterocycles. The first-order valence-corrected chi connectivity index (χ1v) is 10.3. The second kappa shape index (κ2) is 10.4. The lowest BCUT2D eigenvalue weighted by Gasteiger charge is -2.15. The number of benzene rings is 2. The van der Waals surface area contributed by atoms with E-state index in [1.807, 2.05) is 0 Å². The standard InChI is InChI=1S/C23H20ClF2NO6/c1-3-32-22(29)16-12-27(7-8-33-23(30)31-2)19-11-18(25)14(10-15(19)21(16)28)9-13-5-4-6-17(24)20(13)26/h4-6,10-12H,3,7-9H2,1-2H3. The molecule has 0 spiro atoms. The number of rotatable bonds is 7. The summed E-state index contributed by atoms with van der Waals surface area (Å²) in [7, 11) is 1.15. The zero-order valence-electron chi connectivity index (χ0n) is 17.8. The summed E-state index contributed by atoms with van der Waals surface area (Å²) in [5.74, 6) is -2.22. The van der Waals surface area contributed by atoms with Crippen LogP contribution in [0, 0.1) is 11.6 Å². The van der Waals surface area contributed by atoms with Gasteiger partial charge in [-0.25, -0.2) is 18.4 Å². The Morgan fingerprint density at radius 2 is 1.88 bits per heavy atom. The van der Waals surface area contributed by atoms with Crippen molar-refractivity contribution >= 4 is 34.6 Å². The highest BCUT2D eigenvalue weighted by molar-refractivity contribution is 6.30. The van der Waals surface area contributed by atoms with E-state index >= 15 is 0 Å². The van der Waals surface area contributed by atoms with Gasteiger partial charge in [0.25, 0.3) is 0 Å². The van der Waals surface area contributed by atoms with E-state index in [1.54, 1.807) is 6.92 Å². The monoisotopic (exact) mass is 479 g/mol. The normalized spacial score (nSPS) is 10.8. The molecule has 0 saturated carbocycles. The Morgan fingerprint density at radius 1 is 1.12 bits per heavy atom. The maximum absolute atomic E-state index is 15.0. The lowest BCUT2D eigenvalue weighted by atomic mass is 10.0. The Labute approximate surface area is 192 Å². The first-order valence-electron chi connectivity index (χ1n) is 9.93. The van der Waals surface area contributed by atoms with E-state index in [2.05, 4.69) is 4.74 Å². The molecule has 3 rings (SSSR count). The first-order chi connectivity index (χ1) is 15.8. The van der Waals surface area contributed by atoms with Crippen molar-refractivity contribution in [3.63, 3.8) is 0 Å². The quantitative estimate of drug-likeness (QED) is 0.464. The zero-order chi connectivity index (χ0) is 24.1. The summed E-state index contributed by atoms with van der Waals surface area (Å²) < 4.78 is 44.9. The lowest BCUT2D eigenvalue weighted by molar-refractivity contribution is 0.0522. The molecule has 0 unspecified atom stereocenters. The van der Waals surface area contributed by atoms with Gasteiger partial charge in [-0.2, -0.15) is 0 Å². The molecule has 0 aliphatic rings. The minimum Gasteiger partial charge on any atom is -0.462 e. The summed E-state index contributed by atoms with van der Waals surface area (Å²) in [6.45, 7) is 1.48. The highest BCUT2D eigenvalue weighted by atomic mass is 35.5. The van der Waals surface area contributed by atoms with Crippen LogP contribution < -0.4 is 5.43 Å². The third-order valence-corrected chi connectivity index (χ3v) is 5.17. The summed E-state index contributed by atoms with van der Waals surface area (Å²) in [4.78, 5) is 36.6. The fourth-order valence-corrected chi connectivity index (χ4v) is 3.50. The second-order valence-corrected chi connectivity index (χ2v) is 7.35. The van der Waals surface area contributed by atoms with Gasteiger partial charge in [0.15, 0.2) is 0 Å². The number of carbonyl (C=O) groups is 2. The summed E-state index contributed by atoms with van der Waals surface area (Å²) in [5, 5.41) is -0.0799. The highest BCUT2D eigenvalue weighted by Gasteiger charge is 2.19. The van der Waals surface area contributed by atoms with E-state index in [0.29, 0.717) is 0 Å². The van der Waals surface area contributed by atoms with Crippen LogP contribution in [0.25, 0.3) is 10.9 Å². The number of nitrogens with zero attached hydrogens (tertiary/aromatic N) is 1. The van der Waals surface area contributed by atoms with Gasteiger partial charge in [-0.1, -0.05) is 23.7 Å². The Hall–Kier alpha value is -3.46. The molecular formula is C23H20ClF2NO6. The Morgan fingerprint density at radius 3 is 2.58 bits per heavy atom. The largest absolute Gasteiger partial charge is 0.508 e. The van der Waals surface area contributed by atoms with Gasteiger partial charge in [0.2, 0.25) is 5.43 Å². The molecule has 0 atom stereocenters. The number of methoxy groups -OCH3 is 1. The predicted octanol–water partition coefficient (Wildman–Crippen LogP) is 4.48. The van der Waals surface area contributed by atoms with Crippen molar-refractivity contribution in [2.45, 2.75) is 19.9 Å². The third-order valence-electron chi connectivity index (χ3n) is 4.87. The summed E-state index contributed by atoms with van der Waals surface area (Å²) >= 11 is 5.81. The van der Waals surface area contributed by atoms with Gasteiger partial charge in [-0.15, -0.1) is 0 Å². The van der Waals surface area contributed by atoms with Gasteiger partial charge in [0.05, 0.1) is 30.8 Å². The van der Waals surface area contributed by atoms with Gasteiger partial charge in [0, 0.05) is 18.0 Å². The molecule has 0 aliphatic heterocycles. The fraction of sp³-hybridized carbons (Fsp3) is 0.261. The number of pyridine rings is 1. The van der Waals surface area contributed by atoms with Crippen LogP contribution in [0.4, 0.5) is 13.6 Å². The molecule has 7 nitrogen and oxygen atoms in total. The maximum Gasteiger partial charge on any atom is 0.508 e. The highest BCUT2D eigenvalue weighted by Crippen LogP contribution is 2.24. The second-order valence-electron chi connectivity index (χ2n) is 6.94. The molecule has 174 valence electrons. The van der Waals surface area contributed by atoms with Crippen LogP contribution in [0.5, 0.6) is 0 Å². The lowest BCUT2D eigenvalue weighted by Crippen LogP contribution is -2.22. The smallest absolute Gasteiger partial charge is 0.462 e. The number of halogens is 3. The van der Waals surface area contributed by atoms with Crippen LogP contribution in [-0.4, -0.2) is 37.0 Å². The molecule has 33 heavy (non-hydrogen) atoms. The minimum absolute atomic E-state index is 0.00000693. The average molecular weight is 480 g/mol.